The predicted molar refractivity (Wildman–Crippen MR) is 88.4 cm³/mol. The van der Waals surface area contributed by atoms with Crippen LogP contribution in [0.2, 0.25) is 0 Å². The number of hydrogen-bond acceptors (Lipinski definition) is 2. The van der Waals surface area contributed by atoms with Crippen LogP contribution in [0.4, 0.5) is 0 Å². The van der Waals surface area contributed by atoms with Gasteiger partial charge in [0.1, 0.15) is 6.04 Å². The Morgan fingerprint density at radius 3 is 2.78 bits per heavy atom. The van der Waals surface area contributed by atoms with Crippen LogP contribution in [0.25, 0.3) is 10.9 Å². The number of rotatable bonds is 4. The number of para-hydroxylation sites is 1. The molecule has 0 aliphatic heterocycles. The van der Waals surface area contributed by atoms with E-state index in [0.717, 1.165) is 35.9 Å². The van der Waals surface area contributed by atoms with Crippen LogP contribution in [-0.2, 0) is 16.0 Å². The van der Waals surface area contributed by atoms with E-state index in [4.69, 9.17) is 0 Å². The fourth-order valence-corrected chi connectivity index (χ4v) is 3.80. The maximum Gasteiger partial charge on any atom is 0.326 e. The SMILES string of the molecule is CCC(C(=O)O)n1c2c(c3ccccc31)CCCC2NC(C)=O. The maximum absolute atomic E-state index is 11.8. The van der Waals surface area contributed by atoms with E-state index in [0.29, 0.717) is 6.42 Å². The quantitative estimate of drug-likeness (QED) is 0.910. The molecule has 1 aliphatic rings. The number of nitrogens with one attached hydrogen (secondary N) is 1. The van der Waals surface area contributed by atoms with Gasteiger partial charge in [-0.3, -0.25) is 4.79 Å². The van der Waals surface area contributed by atoms with Gasteiger partial charge < -0.3 is 15.0 Å². The zero-order valence-corrected chi connectivity index (χ0v) is 13.5. The third-order valence-electron chi connectivity index (χ3n) is 4.67. The molecule has 2 unspecified atom stereocenters. The monoisotopic (exact) mass is 314 g/mol. The van der Waals surface area contributed by atoms with Gasteiger partial charge >= 0.3 is 5.97 Å². The van der Waals surface area contributed by atoms with Crippen LogP contribution in [0.3, 0.4) is 0 Å². The molecule has 23 heavy (non-hydrogen) atoms. The highest BCUT2D eigenvalue weighted by atomic mass is 16.4. The van der Waals surface area contributed by atoms with Crippen molar-refractivity contribution in [3.8, 4) is 0 Å². The Labute approximate surface area is 135 Å². The van der Waals surface area contributed by atoms with Crippen molar-refractivity contribution in [2.45, 2.75) is 51.6 Å². The summed E-state index contributed by atoms with van der Waals surface area (Å²) in [4.78, 5) is 23.4. The summed E-state index contributed by atoms with van der Waals surface area (Å²) in [6.07, 6.45) is 3.27. The fourth-order valence-electron chi connectivity index (χ4n) is 3.80. The summed E-state index contributed by atoms with van der Waals surface area (Å²) in [7, 11) is 0. The molecule has 0 bridgehead atoms. The number of carbonyl (C=O) groups is 2. The Hall–Kier alpha value is -2.30. The minimum Gasteiger partial charge on any atom is -0.480 e. The van der Waals surface area contributed by atoms with Gasteiger partial charge in [0.2, 0.25) is 5.91 Å². The summed E-state index contributed by atoms with van der Waals surface area (Å²) < 4.78 is 1.94. The van der Waals surface area contributed by atoms with Gasteiger partial charge in [0, 0.05) is 23.5 Å². The van der Waals surface area contributed by atoms with Crippen LogP contribution in [-0.4, -0.2) is 21.6 Å². The van der Waals surface area contributed by atoms with Crippen LogP contribution in [0.15, 0.2) is 24.3 Å². The lowest BCUT2D eigenvalue weighted by Gasteiger charge is -2.28. The molecule has 0 saturated carbocycles. The third-order valence-corrected chi connectivity index (χ3v) is 4.67. The van der Waals surface area contributed by atoms with Crippen molar-refractivity contribution < 1.29 is 14.7 Å². The number of carbonyl (C=O) groups excluding carboxylic acids is 1. The molecular weight excluding hydrogens is 292 g/mol. The minimum absolute atomic E-state index is 0.0805. The smallest absolute Gasteiger partial charge is 0.326 e. The molecule has 0 radical (unpaired) electrons. The fraction of sp³-hybridized carbons (Fsp3) is 0.444. The Balaban J connectivity index is 2.28. The summed E-state index contributed by atoms with van der Waals surface area (Å²) in [6.45, 7) is 3.39. The lowest BCUT2D eigenvalue weighted by molar-refractivity contribution is -0.140. The maximum atomic E-state index is 11.8. The lowest BCUT2D eigenvalue weighted by atomic mass is 9.91. The highest BCUT2D eigenvalue weighted by Crippen LogP contribution is 2.39. The number of carboxylic acid groups (broad SMARTS) is 1. The largest absolute Gasteiger partial charge is 0.480 e. The van der Waals surface area contributed by atoms with Crippen LogP contribution < -0.4 is 5.32 Å². The van der Waals surface area contributed by atoms with Crippen molar-refractivity contribution in [3.05, 3.63) is 35.5 Å². The Bertz CT molecular complexity index is 763. The molecule has 2 aromatic rings. The minimum atomic E-state index is -0.830. The molecule has 5 heteroatoms. The molecule has 0 saturated heterocycles. The van der Waals surface area contributed by atoms with Gasteiger partial charge in [-0.25, -0.2) is 4.79 Å². The highest BCUT2D eigenvalue weighted by Gasteiger charge is 2.32. The molecule has 2 atom stereocenters. The van der Waals surface area contributed by atoms with Gasteiger partial charge in [-0.1, -0.05) is 25.1 Å². The number of aliphatic carboxylic acids is 1. The standard InChI is InChI=1S/C18H22N2O3/c1-3-15(18(22)23)20-16-10-5-4-7-12(16)13-8-6-9-14(17(13)20)19-11(2)21/h4-5,7,10,14-15H,3,6,8-9H2,1-2H3,(H,19,21)(H,22,23). The molecule has 3 rings (SSSR count). The first-order valence-corrected chi connectivity index (χ1v) is 8.16. The number of nitrogens with zero attached hydrogens (tertiary/aromatic N) is 1. The molecule has 1 amide bonds. The van der Waals surface area contributed by atoms with Crippen molar-refractivity contribution in [2.24, 2.45) is 0 Å². The van der Waals surface area contributed by atoms with Gasteiger partial charge in [-0.05, 0) is 37.3 Å². The van der Waals surface area contributed by atoms with Crippen molar-refractivity contribution in [1.29, 1.82) is 0 Å². The molecule has 2 N–H and O–H groups in total. The molecular formula is C18H22N2O3. The number of hydrogen-bond donors (Lipinski definition) is 2. The first-order valence-electron chi connectivity index (χ1n) is 8.16. The van der Waals surface area contributed by atoms with E-state index in [1.807, 2.05) is 29.7 Å². The van der Waals surface area contributed by atoms with Crippen molar-refractivity contribution in [3.63, 3.8) is 0 Å². The van der Waals surface area contributed by atoms with Gasteiger partial charge in [-0.2, -0.15) is 0 Å². The second kappa shape index (κ2) is 6.07. The predicted octanol–water partition coefficient (Wildman–Crippen LogP) is 3.19. The Morgan fingerprint density at radius 2 is 2.13 bits per heavy atom. The van der Waals surface area contributed by atoms with E-state index in [9.17, 15) is 14.7 Å². The zero-order valence-electron chi connectivity index (χ0n) is 13.5. The van der Waals surface area contributed by atoms with Crippen LogP contribution in [0.1, 0.15) is 56.5 Å². The second-order valence-corrected chi connectivity index (χ2v) is 6.16. The number of amides is 1. The number of benzene rings is 1. The molecule has 0 spiro atoms. The van der Waals surface area contributed by atoms with E-state index >= 15 is 0 Å². The van der Waals surface area contributed by atoms with Crippen LogP contribution >= 0.6 is 0 Å². The van der Waals surface area contributed by atoms with Crippen molar-refractivity contribution >= 4 is 22.8 Å². The van der Waals surface area contributed by atoms with Crippen LogP contribution in [0, 0.1) is 0 Å². The van der Waals surface area contributed by atoms with E-state index < -0.39 is 12.0 Å². The summed E-state index contributed by atoms with van der Waals surface area (Å²) in [5.74, 6) is -0.911. The second-order valence-electron chi connectivity index (χ2n) is 6.16. The summed E-state index contributed by atoms with van der Waals surface area (Å²) in [5.41, 5.74) is 3.11. The number of carboxylic acids is 1. The number of fused-ring (bicyclic) bond motifs is 3. The molecule has 1 aliphatic carbocycles. The van der Waals surface area contributed by atoms with E-state index in [1.165, 1.54) is 12.5 Å². The number of aryl methyl sites for hydroxylation is 1. The zero-order chi connectivity index (χ0) is 16.6. The molecule has 1 aromatic heterocycles. The van der Waals surface area contributed by atoms with E-state index in [-0.39, 0.29) is 11.9 Å². The van der Waals surface area contributed by atoms with Crippen LogP contribution in [0.5, 0.6) is 0 Å². The molecule has 5 nitrogen and oxygen atoms in total. The summed E-state index contributed by atoms with van der Waals surface area (Å²) >= 11 is 0. The first kappa shape index (κ1) is 15.6. The molecule has 0 fully saturated rings. The molecule has 1 heterocycles. The highest BCUT2D eigenvalue weighted by molar-refractivity contribution is 5.88. The third kappa shape index (κ3) is 2.60. The van der Waals surface area contributed by atoms with Gasteiger partial charge in [0.15, 0.2) is 0 Å². The average molecular weight is 314 g/mol. The van der Waals surface area contributed by atoms with Gasteiger partial charge in [-0.15, -0.1) is 0 Å². The summed E-state index contributed by atoms with van der Waals surface area (Å²) in [6, 6.07) is 7.22. The lowest BCUT2D eigenvalue weighted by Crippen LogP contribution is -2.32. The Morgan fingerprint density at radius 1 is 1.39 bits per heavy atom. The Kier molecular flexibility index (Phi) is 4.11. The summed E-state index contributed by atoms with van der Waals surface area (Å²) in [5, 5.41) is 13.8. The van der Waals surface area contributed by atoms with E-state index in [1.54, 1.807) is 0 Å². The number of aromatic nitrogens is 1. The van der Waals surface area contributed by atoms with Gasteiger partial charge in [0.25, 0.3) is 0 Å². The topological polar surface area (TPSA) is 71.3 Å². The van der Waals surface area contributed by atoms with E-state index in [2.05, 4.69) is 11.4 Å². The normalized spacial score (nSPS) is 18.4. The molecule has 122 valence electrons. The molecule has 1 aromatic carbocycles. The van der Waals surface area contributed by atoms with Gasteiger partial charge in [0.05, 0.1) is 6.04 Å². The average Bonchev–Trinajstić information content (AvgIpc) is 2.84. The van der Waals surface area contributed by atoms with Crippen molar-refractivity contribution in [1.82, 2.24) is 9.88 Å². The van der Waals surface area contributed by atoms with Crippen molar-refractivity contribution in [2.75, 3.05) is 0 Å². The first-order chi connectivity index (χ1) is 11.0.